The molecule has 2 unspecified atom stereocenters. The van der Waals surface area contributed by atoms with Gasteiger partial charge in [0.25, 0.3) is 0 Å². The predicted molar refractivity (Wildman–Crippen MR) is 80.9 cm³/mol. The van der Waals surface area contributed by atoms with E-state index >= 15 is 0 Å². The third-order valence-corrected chi connectivity index (χ3v) is 4.41. The minimum absolute atomic E-state index is 0.854. The van der Waals surface area contributed by atoms with Gasteiger partial charge < -0.3 is 10.1 Å². The molecule has 19 heavy (non-hydrogen) atoms. The molecular formula is C17H27NO. The molecule has 2 heteroatoms. The van der Waals surface area contributed by atoms with Crippen LogP contribution in [0, 0.1) is 17.8 Å². The maximum absolute atomic E-state index is 5.79. The molecular weight excluding hydrogens is 234 g/mol. The maximum atomic E-state index is 5.79. The Morgan fingerprint density at radius 1 is 1.37 bits per heavy atom. The Labute approximate surface area is 117 Å². The monoisotopic (exact) mass is 261 g/mol. The fourth-order valence-corrected chi connectivity index (χ4v) is 3.17. The number of nitrogens with one attached hydrogen (secondary N) is 1. The number of hydrogen-bond acceptors (Lipinski definition) is 2. The lowest BCUT2D eigenvalue weighted by Gasteiger charge is -2.22. The van der Waals surface area contributed by atoms with Crippen molar-refractivity contribution in [1.29, 1.82) is 0 Å². The molecule has 0 aromatic heterocycles. The number of hydrogen-bond donors (Lipinski definition) is 1. The highest BCUT2D eigenvalue weighted by Crippen LogP contribution is 2.49. The van der Waals surface area contributed by atoms with Crippen LogP contribution in [0.15, 0.2) is 36.6 Å². The third-order valence-electron chi connectivity index (χ3n) is 4.41. The van der Waals surface area contributed by atoms with Crippen LogP contribution in [0.4, 0.5) is 0 Å². The van der Waals surface area contributed by atoms with E-state index in [1.807, 2.05) is 25.2 Å². The topological polar surface area (TPSA) is 21.3 Å². The second kappa shape index (κ2) is 7.54. The highest BCUT2D eigenvalue weighted by Gasteiger charge is 2.42. The lowest BCUT2D eigenvalue weighted by atomic mass is 9.91. The molecule has 0 aromatic carbocycles. The van der Waals surface area contributed by atoms with Crippen LogP contribution >= 0.6 is 0 Å². The van der Waals surface area contributed by atoms with Gasteiger partial charge in [-0.2, -0.15) is 0 Å². The van der Waals surface area contributed by atoms with Gasteiger partial charge in [0.2, 0.25) is 0 Å². The van der Waals surface area contributed by atoms with E-state index in [0.29, 0.717) is 0 Å². The van der Waals surface area contributed by atoms with E-state index in [2.05, 4.69) is 11.9 Å². The van der Waals surface area contributed by atoms with Crippen molar-refractivity contribution < 1.29 is 4.74 Å². The molecule has 0 aromatic rings. The van der Waals surface area contributed by atoms with Crippen LogP contribution in [-0.2, 0) is 4.74 Å². The summed E-state index contributed by atoms with van der Waals surface area (Å²) < 4.78 is 5.79. The van der Waals surface area contributed by atoms with Crippen molar-refractivity contribution in [3.8, 4) is 0 Å². The summed E-state index contributed by atoms with van der Waals surface area (Å²) in [4.78, 5) is 0. The first-order valence-corrected chi connectivity index (χ1v) is 7.64. The summed E-state index contributed by atoms with van der Waals surface area (Å²) in [6.45, 7) is 8.98. The Morgan fingerprint density at radius 2 is 2.16 bits per heavy atom. The van der Waals surface area contributed by atoms with Gasteiger partial charge in [-0.25, -0.2) is 0 Å². The van der Waals surface area contributed by atoms with E-state index in [4.69, 9.17) is 4.74 Å². The van der Waals surface area contributed by atoms with Crippen molar-refractivity contribution in [1.82, 2.24) is 5.32 Å². The predicted octanol–water partition coefficient (Wildman–Crippen LogP) is 3.67. The van der Waals surface area contributed by atoms with Gasteiger partial charge in [0.15, 0.2) is 0 Å². The second-order valence-corrected chi connectivity index (χ2v) is 5.67. The van der Waals surface area contributed by atoms with Crippen molar-refractivity contribution >= 4 is 0 Å². The summed E-state index contributed by atoms with van der Waals surface area (Å²) in [5.41, 5.74) is 0. The van der Waals surface area contributed by atoms with E-state index in [0.717, 1.165) is 30.1 Å². The molecule has 0 bridgehead atoms. The molecule has 2 aliphatic rings. The lowest BCUT2D eigenvalue weighted by Crippen LogP contribution is -2.28. The molecule has 1 aliphatic carbocycles. The largest absolute Gasteiger partial charge is 0.494 e. The molecule has 1 saturated heterocycles. The summed E-state index contributed by atoms with van der Waals surface area (Å²) >= 11 is 0. The molecule has 0 radical (unpaired) electrons. The molecule has 2 fully saturated rings. The normalized spacial score (nSPS) is 28.6. The second-order valence-electron chi connectivity index (χ2n) is 5.67. The Bertz CT molecular complexity index is 339. The maximum Gasteiger partial charge on any atom is 0.115 e. The molecule has 1 saturated carbocycles. The minimum Gasteiger partial charge on any atom is -0.494 e. The van der Waals surface area contributed by atoms with Crippen LogP contribution in [-0.4, -0.2) is 19.7 Å². The van der Waals surface area contributed by atoms with Gasteiger partial charge in [0, 0.05) is 0 Å². The number of allylic oxidation sites excluding steroid dienone is 4. The zero-order valence-corrected chi connectivity index (χ0v) is 12.1. The Balaban J connectivity index is 1.62. The number of piperidine rings is 1. The van der Waals surface area contributed by atoms with Crippen LogP contribution in [0.5, 0.6) is 0 Å². The van der Waals surface area contributed by atoms with Gasteiger partial charge in [0.05, 0.1) is 6.61 Å². The van der Waals surface area contributed by atoms with E-state index in [1.54, 1.807) is 6.08 Å². The SMILES string of the molecule is C=C/C=C\C(=C/C)OCCC1CC1C1CCNCC1. The fourth-order valence-electron chi connectivity index (χ4n) is 3.17. The first-order valence-electron chi connectivity index (χ1n) is 7.64. The van der Waals surface area contributed by atoms with Crippen molar-refractivity contribution in [2.75, 3.05) is 19.7 Å². The van der Waals surface area contributed by atoms with Gasteiger partial charge in [-0.3, -0.25) is 0 Å². The Morgan fingerprint density at radius 3 is 2.84 bits per heavy atom. The molecule has 0 spiro atoms. The molecule has 2 atom stereocenters. The molecule has 1 aliphatic heterocycles. The zero-order chi connectivity index (χ0) is 13.5. The van der Waals surface area contributed by atoms with E-state index < -0.39 is 0 Å². The zero-order valence-electron chi connectivity index (χ0n) is 12.1. The molecule has 2 rings (SSSR count). The van der Waals surface area contributed by atoms with Crippen molar-refractivity contribution in [3.63, 3.8) is 0 Å². The highest BCUT2D eigenvalue weighted by atomic mass is 16.5. The first kappa shape index (κ1) is 14.4. The molecule has 106 valence electrons. The minimum atomic E-state index is 0.854. The quantitative estimate of drug-likeness (QED) is 0.557. The van der Waals surface area contributed by atoms with Crippen molar-refractivity contribution in [3.05, 3.63) is 36.6 Å². The summed E-state index contributed by atoms with van der Waals surface area (Å²) in [6.07, 6.45) is 13.1. The average Bonchev–Trinajstić information content (AvgIpc) is 3.23. The summed E-state index contributed by atoms with van der Waals surface area (Å²) in [6, 6.07) is 0. The van der Waals surface area contributed by atoms with Gasteiger partial charge in [-0.15, -0.1) is 0 Å². The molecule has 1 N–H and O–H groups in total. The number of ether oxygens (including phenoxy) is 1. The third kappa shape index (κ3) is 4.54. The fraction of sp³-hybridized carbons (Fsp3) is 0.647. The van der Waals surface area contributed by atoms with Crippen LogP contribution < -0.4 is 5.32 Å². The molecule has 2 nitrogen and oxygen atoms in total. The summed E-state index contributed by atoms with van der Waals surface area (Å²) in [5, 5.41) is 3.45. The number of rotatable bonds is 7. The smallest absolute Gasteiger partial charge is 0.115 e. The van der Waals surface area contributed by atoms with Crippen molar-refractivity contribution in [2.45, 2.75) is 32.6 Å². The first-order chi connectivity index (χ1) is 9.35. The van der Waals surface area contributed by atoms with E-state index in [-0.39, 0.29) is 0 Å². The van der Waals surface area contributed by atoms with Gasteiger partial charge in [-0.05, 0) is 75.6 Å². The Hall–Kier alpha value is -1.02. The van der Waals surface area contributed by atoms with Crippen LogP contribution in [0.3, 0.4) is 0 Å². The van der Waals surface area contributed by atoms with Crippen LogP contribution in [0.25, 0.3) is 0 Å². The van der Waals surface area contributed by atoms with Crippen LogP contribution in [0.2, 0.25) is 0 Å². The molecule has 0 amide bonds. The van der Waals surface area contributed by atoms with E-state index in [1.165, 1.54) is 38.8 Å². The Kier molecular flexibility index (Phi) is 5.71. The molecule has 1 heterocycles. The highest BCUT2D eigenvalue weighted by molar-refractivity contribution is 5.15. The van der Waals surface area contributed by atoms with Crippen molar-refractivity contribution in [2.24, 2.45) is 17.8 Å². The van der Waals surface area contributed by atoms with Gasteiger partial charge in [0.1, 0.15) is 5.76 Å². The van der Waals surface area contributed by atoms with E-state index in [9.17, 15) is 0 Å². The summed E-state index contributed by atoms with van der Waals surface area (Å²) in [5.74, 6) is 3.85. The average molecular weight is 261 g/mol. The van der Waals surface area contributed by atoms with Gasteiger partial charge >= 0.3 is 0 Å². The van der Waals surface area contributed by atoms with Gasteiger partial charge in [-0.1, -0.05) is 18.7 Å². The summed E-state index contributed by atoms with van der Waals surface area (Å²) in [7, 11) is 0. The standard InChI is InChI=1S/C17H27NO/c1-3-5-6-16(4-2)19-12-9-15-13-17(15)14-7-10-18-11-8-14/h3-6,14-15,17-18H,1,7-13H2,2H3/b6-5-,16-4+. The van der Waals surface area contributed by atoms with Crippen LogP contribution in [0.1, 0.15) is 32.6 Å². The lowest BCUT2D eigenvalue weighted by molar-refractivity contribution is 0.207.